The van der Waals surface area contributed by atoms with Crippen molar-refractivity contribution in [3.63, 3.8) is 0 Å². The quantitative estimate of drug-likeness (QED) is 0.461. The number of piperidine rings is 1. The van der Waals surface area contributed by atoms with E-state index >= 15 is 0 Å². The van der Waals surface area contributed by atoms with Gasteiger partial charge in [-0.3, -0.25) is 14.6 Å². The van der Waals surface area contributed by atoms with Crippen LogP contribution in [-0.4, -0.2) is 52.0 Å². The van der Waals surface area contributed by atoms with Crippen LogP contribution in [-0.2, 0) is 0 Å². The van der Waals surface area contributed by atoms with Gasteiger partial charge in [-0.15, -0.1) is 0 Å². The summed E-state index contributed by atoms with van der Waals surface area (Å²) in [5.74, 6) is -0.369. The van der Waals surface area contributed by atoms with E-state index in [1.807, 2.05) is 78.9 Å². The number of hydrogen-bond acceptors (Lipinski definition) is 4. The average Bonchev–Trinajstić information content (AvgIpc) is 2.92. The van der Waals surface area contributed by atoms with Gasteiger partial charge in [0.2, 0.25) is 0 Å². The fourth-order valence-electron chi connectivity index (χ4n) is 4.76. The number of carbonyl (C=O) groups is 2. The monoisotopic (exact) mass is 465 g/mol. The van der Waals surface area contributed by atoms with Crippen molar-refractivity contribution in [2.75, 3.05) is 13.1 Å². The molecule has 0 saturated carbocycles. The van der Waals surface area contributed by atoms with Gasteiger partial charge in [-0.2, -0.15) is 0 Å². The lowest BCUT2D eigenvalue weighted by Crippen LogP contribution is -2.53. The number of likely N-dealkylation sites (tertiary alicyclic amines) is 1. The molecule has 2 amide bonds. The van der Waals surface area contributed by atoms with E-state index in [0.717, 1.165) is 16.5 Å². The Morgan fingerprint density at radius 1 is 0.886 bits per heavy atom. The molecule has 1 saturated heterocycles. The predicted octanol–water partition coefficient (Wildman–Crippen LogP) is 4.30. The molecule has 0 aliphatic carbocycles. The maximum Gasteiger partial charge on any atom is 0.254 e. The second-order valence-electron chi connectivity index (χ2n) is 8.84. The minimum Gasteiger partial charge on any atom is -0.391 e. The summed E-state index contributed by atoms with van der Waals surface area (Å²) >= 11 is 0. The van der Waals surface area contributed by atoms with Crippen LogP contribution in [0.2, 0.25) is 0 Å². The van der Waals surface area contributed by atoms with Gasteiger partial charge in [-0.25, -0.2) is 0 Å². The van der Waals surface area contributed by atoms with Crippen LogP contribution in [0.3, 0.4) is 0 Å². The van der Waals surface area contributed by atoms with Crippen molar-refractivity contribution < 1.29 is 14.7 Å². The van der Waals surface area contributed by atoms with Crippen molar-refractivity contribution in [2.45, 2.75) is 25.0 Å². The second-order valence-corrected chi connectivity index (χ2v) is 8.84. The Labute approximate surface area is 204 Å². The van der Waals surface area contributed by atoms with E-state index in [9.17, 15) is 14.7 Å². The van der Waals surface area contributed by atoms with E-state index in [-0.39, 0.29) is 24.4 Å². The van der Waals surface area contributed by atoms with E-state index < -0.39 is 6.10 Å². The number of β-amino-alcohol motifs (C(OH)–C–C–N with tert-alkyl or cyclic N) is 1. The molecular weight excluding hydrogens is 438 g/mol. The minimum absolute atomic E-state index is 0.144. The summed E-state index contributed by atoms with van der Waals surface area (Å²) in [6.07, 6.45) is 2.28. The zero-order valence-electron chi connectivity index (χ0n) is 19.3. The highest BCUT2D eigenvalue weighted by atomic mass is 16.3. The zero-order valence-corrected chi connectivity index (χ0v) is 19.3. The number of rotatable bonds is 5. The maximum absolute atomic E-state index is 13.7. The van der Waals surface area contributed by atoms with Crippen LogP contribution in [0.25, 0.3) is 22.0 Å². The number of aliphatic hydroxyl groups is 1. The van der Waals surface area contributed by atoms with Crippen LogP contribution < -0.4 is 5.32 Å². The van der Waals surface area contributed by atoms with Gasteiger partial charge in [0.15, 0.2) is 0 Å². The van der Waals surface area contributed by atoms with Crippen LogP contribution in [0, 0.1) is 0 Å². The van der Waals surface area contributed by atoms with Gasteiger partial charge in [-0.05, 0) is 42.2 Å². The number of fused-ring (bicyclic) bond motifs is 1. The first kappa shape index (κ1) is 22.7. The standard InChI is InChI=1S/C29H27N3O3/c33-23-16-15-22(18-31-28(34)26-14-6-10-21-11-7-17-30-27(21)26)32(19-23)29(35)25-13-5-4-12-24(25)20-8-2-1-3-9-20/h1-14,17,22-23,33H,15-16,18-19H2,(H,31,34)/t22-,23?/m0/s1. The molecule has 2 heterocycles. The SMILES string of the molecule is O=C(NC[C@@H]1CCC(O)CN1C(=O)c1ccccc1-c1ccccc1)c1cccc2cccnc12. The number of nitrogens with one attached hydrogen (secondary N) is 1. The van der Waals surface area contributed by atoms with Crippen LogP contribution in [0.5, 0.6) is 0 Å². The van der Waals surface area contributed by atoms with Crippen molar-refractivity contribution in [1.82, 2.24) is 15.2 Å². The largest absolute Gasteiger partial charge is 0.391 e. The topological polar surface area (TPSA) is 82.5 Å². The van der Waals surface area contributed by atoms with Gasteiger partial charge < -0.3 is 15.3 Å². The third-order valence-electron chi connectivity index (χ3n) is 6.56. The molecule has 2 atom stereocenters. The molecule has 35 heavy (non-hydrogen) atoms. The first-order chi connectivity index (χ1) is 17.1. The first-order valence-corrected chi connectivity index (χ1v) is 11.9. The normalized spacial score (nSPS) is 17.8. The van der Waals surface area contributed by atoms with Gasteiger partial charge in [0.05, 0.1) is 17.2 Å². The van der Waals surface area contributed by atoms with E-state index in [0.29, 0.717) is 36.0 Å². The molecule has 1 fully saturated rings. The summed E-state index contributed by atoms with van der Waals surface area (Å²) in [6.45, 7) is 0.534. The fraction of sp³-hybridized carbons (Fsp3) is 0.207. The number of benzene rings is 3. The molecule has 0 spiro atoms. The summed E-state index contributed by atoms with van der Waals surface area (Å²) in [5.41, 5.74) is 3.55. The molecule has 1 aliphatic heterocycles. The van der Waals surface area contributed by atoms with Gasteiger partial charge >= 0.3 is 0 Å². The van der Waals surface area contributed by atoms with Crippen molar-refractivity contribution in [2.24, 2.45) is 0 Å². The lowest BCUT2D eigenvalue weighted by Gasteiger charge is -2.38. The Hall–Kier alpha value is -4.03. The molecule has 0 radical (unpaired) electrons. The molecule has 176 valence electrons. The molecule has 5 rings (SSSR count). The average molecular weight is 466 g/mol. The summed E-state index contributed by atoms with van der Waals surface area (Å²) < 4.78 is 0. The molecule has 6 nitrogen and oxygen atoms in total. The molecule has 1 aromatic heterocycles. The number of amides is 2. The van der Waals surface area contributed by atoms with Crippen molar-refractivity contribution in [3.05, 3.63) is 102 Å². The van der Waals surface area contributed by atoms with Crippen LogP contribution in [0.1, 0.15) is 33.6 Å². The third-order valence-corrected chi connectivity index (χ3v) is 6.56. The Bertz CT molecular complexity index is 1350. The predicted molar refractivity (Wildman–Crippen MR) is 136 cm³/mol. The van der Waals surface area contributed by atoms with E-state index in [1.54, 1.807) is 17.2 Å². The molecule has 1 aliphatic rings. The summed E-state index contributed by atoms with van der Waals surface area (Å²) in [4.78, 5) is 32.9. The van der Waals surface area contributed by atoms with Gasteiger partial charge in [0, 0.05) is 36.3 Å². The van der Waals surface area contributed by atoms with Crippen LogP contribution >= 0.6 is 0 Å². The number of hydrogen-bond donors (Lipinski definition) is 2. The first-order valence-electron chi connectivity index (χ1n) is 11.9. The molecule has 2 N–H and O–H groups in total. The molecule has 4 aromatic rings. The van der Waals surface area contributed by atoms with Crippen molar-refractivity contribution >= 4 is 22.7 Å². The highest BCUT2D eigenvalue weighted by Gasteiger charge is 2.32. The van der Waals surface area contributed by atoms with Crippen molar-refractivity contribution in [1.29, 1.82) is 0 Å². The number of nitrogens with zero attached hydrogens (tertiary/aromatic N) is 2. The summed E-state index contributed by atoms with van der Waals surface area (Å²) in [6, 6.07) is 26.4. The van der Waals surface area contributed by atoms with Gasteiger partial charge in [-0.1, -0.05) is 66.7 Å². The smallest absolute Gasteiger partial charge is 0.254 e. The Kier molecular flexibility index (Phi) is 6.55. The Morgan fingerprint density at radius 3 is 2.49 bits per heavy atom. The lowest BCUT2D eigenvalue weighted by molar-refractivity contribution is 0.0273. The third kappa shape index (κ3) is 4.79. The summed E-state index contributed by atoms with van der Waals surface area (Å²) in [7, 11) is 0. The zero-order chi connectivity index (χ0) is 24.2. The number of pyridine rings is 1. The minimum atomic E-state index is -0.586. The Balaban J connectivity index is 1.37. The summed E-state index contributed by atoms with van der Waals surface area (Å²) in [5, 5.41) is 14.3. The second kappa shape index (κ2) is 10.1. The Morgan fingerprint density at radius 2 is 1.63 bits per heavy atom. The van der Waals surface area contributed by atoms with E-state index in [1.165, 1.54) is 0 Å². The van der Waals surface area contributed by atoms with Gasteiger partial charge in [0.25, 0.3) is 11.8 Å². The molecule has 6 heteroatoms. The number of aliphatic hydroxyl groups excluding tert-OH is 1. The fourth-order valence-corrected chi connectivity index (χ4v) is 4.76. The van der Waals surface area contributed by atoms with E-state index in [2.05, 4.69) is 10.3 Å². The van der Waals surface area contributed by atoms with Crippen LogP contribution in [0.15, 0.2) is 91.1 Å². The molecule has 0 bridgehead atoms. The highest BCUT2D eigenvalue weighted by Crippen LogP contribution is 2.27. The number of para-hydroxylation sites is 1. The highest BCUT2D eigenvalue weighted by molar-refractivity contribution is 6.05. The molecule has 3 aromatic carbocycles. The maximum atomic E-state index is 13.7. The molecular formula is C29H27N3O3. The van der Waals surface area contributed by atoms with E-state index in [4.69, 9.17) is 0 Å². The number of carbonyl (C=O) groups excluding carboxylic acids is 2. The van der Waals surface area contributed by atoms with Crippen molar-refractivity contribution in [3.8, 4) is 11.1 Å². The molecule has 1 unspecified atom stereocenters. The van der Waals surface area contributed by atoms with Gasteiger partial charge in [0.1, 0.15) is 0 Å². The number of aromatic nitrogens is 1. The lowest BCUT2D eigenvalue weighted by atomic mass is 9.95. The van der Waals surface area contributed by atoms with Crippen LogP contribution in [0.4, 0.5) is 0 Å².